The molecule has 2 aromatic rings. The number of nitrogens with one attached hydrogen (secondary N) is 1. The first-order chi connectivity index (χ1) is 11.9. The number of hydrogen-bond donors (Lipinski definition) is 2. The molecule has 6 heteroatoms. The molecule has 1 atom stereocenters. The second-order valence-electron chi connectivity index (χ2n) is 7.52. The number of carbonyl (C=O) groups excluding carboxylic acids is 1. The number of nitrogens with zero attached hydrogens (tertiary/aromatic N) is 2. The summed E-state index contributed by atoms with van der Waals surface area (Å²) in [4.78, 5) is 14.3. The van der Waals surface area contributed by atoms with E-state index in [-0.39, 0.29) is 11.5 Å². The first-order valence-corrected chi connectivity index (χ1v) is 8.70. The smallest absolute Gasteiger partial charge is 0.272 e. The zero-order chi connectivity index (χ0) is 17.7. The molecule has 4 rings (SSSR count). The summed E-state index contributed by atoms with van der Waals surface area (Å²) in [6, 6.07) is 9.99. The maximum atomic E-state index is 12.6. The summed E-state index contributed by atoms with van der Waals surface area (Å²) in [5.74, 6) is -0.0790. The topological polar surface area (TPSA) is 78.5 Å². The van der Waals surface area contributed by atoms with E-state index >= 15 is 0 Å². The van der Waals surface area contributed by atoms with Crippen LogP contribution in [-0.4, -0.2) is 57.0 Å². The summed E-state index contributed by atoms with van der Waals surface area (Å²) < 4.78 is 5.73. The Kier molecular flexibility index (Phi) is 3.70. The van der Waals surface area contributed by atoms with Crippen LogP contribution in [0.25, 0.3) is 11.3 Å². The number of ether oxygens (including phenoxy) is 1. The molecule has 0 aliphatic carbocycles. The third kappa shape index (κ3) is 2.96. The molecule has 132 valence electrons. The zero-order valence-corrected chi connectivity index (χ0v) is 14.6. The standard InChI is InChI=1S/C19H23N3O3/c1-3-13-4-6-14(7-5-13)15-8-16(21-20-15)17(23)22-10-19(11-22)9-18(2,24)12-25-19/h4-8,24H,3,9-12H2,1-2H3,(H,20,21). The Morgan fingerprint density at radius 1 is 1.36 bits per heavy atom. The van der Waals surface area contributed by atoms with Gasteiger partial charge in [-0.25, -0.2) is 0 Å². The van der Waals surface area contributed by atoms with Gasteiger partial charge in [-0.3, -0.25) is 9.89 Å². The van der Waals surface area contributed by atoms with Crippen LogP contribution in [0.3, 0.4) is 0 Å². The number of benzene rings is 1. The van der Waals surface area contributed by atoms with Crippen LogP contribution >= 0.6 is 0 Å². The number of likely N-dealkylation sites (tertiary alicyclic amines) is 1. The van der Waals surface area contributed by atoms with Gasteiger partial charge in [0.25, 0.3) is 5.91 Å². The molecule has 1 amide bonds. The minimum atomic E-state index is -0.791. The van der Waals surface area contributed by atoms with Gasteiger partial charge in [0.2, 0.25) is 0 Å². The van der Waals surface area contributed by atoms with Crippen molar-refractivity contribution >= 4 is 5.91 Å². The van der Waals surface area contributed by atoms with E-state index in [1.807, 2.05) is 12.1 Å². The highest BCUT2D eigenvalue weighted by molar-refractivity contribution is 5.94. The lowest BCUT2D eigenvalue weighted by atomic mass is 9.85. The molecule has 2 saturated heterocycles. The highest BCUT2D eigenvalue weighted by atomic mass is 16.5. The first kappa shape index (κ1) is 16.3. The van der Waals surface area contributed by atoms with E-state index < -0.39 is 5.60 Å². The van der Waals surface area contributed by atoms with Gasteiger partial charge in [-0.05, 0) is 25.0 Å². The van der Waals surface area contributed by atoms with Gasteiger partial charge >= 0.3 is 0 Å². The number of hydrogen-bond acceptors (Lipinski definition) is 4. The van der Waals surface area contributed by atoms with Gasteiger partial charge in [0.05, 0.1) is 31.0 Å². The van der Waals surface area contributed by atoms with E-state index in [1.165, 1.54) is 5.56 Å². The molecule has 6 nitrogen and oxygen atoms in total. The molecule has 1 spiro atoms. The van der Waals surface area contributed by atoms with Crippen molar-refractivity contribution in [1.29, 1.82) is 0 Å². The van der Waals surface area contributed by atoms with E-state index in [1.54, 1.807) is 17.9 Å². The Balaban J connectivity index is 1.43. The molecule has 3 heterocycles. The molecule has 0 saturated carbocycles. The molecular formula is C19H23N3O3. The fraction of sp³-hybridized carbons (Fsp3) is 0.474. The van der Waals surface area contributed by atoms with E-state index in [9.17, 15) is 9.90 Å². The van der Waals surface area contributed by atoms with Crippen molar-refractivity contribution in [1.82, 2.24) is 15.1 Å². The summed E-state index contributed by atoms with van der Waals surface area (Å²) in [6.45, 7) is 5.25. The van der Waals surface area contributed by atoms with Gasteiger partial charge in [-0.2, -0.15) is 5.10 Å². The Bertz CT molecular complexity index is 789. The van der Waals surface area contributed by atoms with Crippen LogP contribution in [0.15, 0.2) is 30.3 Å². The van der Waals surface area contributed by atoms with Crippen LogP contribution in [-0.2, 0) is 11.2 Å². The van der Waals surface area contributed by atoms with Gasteiger partial charge < -0.3 is 14.7 Å². The van der Waals surface area contributed by atoms with Crippen molar-refractivity contribution in [2.45, 2.75) is 37.9 Å². The van der Waals surface area contributed by atoms with Crippen molar-refractivity contribution in [3.8, 4) is 11.3 Å². The predicted molar refractivity (Wildman–Crippen MR) is 93.2 cm³/mol. The Morgan fingerprint density at radius 2 is 2.08 bits per heavy atom. The van der Waals surface area contributed by atoms with Crippen LogP contribution < -0.4 is 0 Å². The lowest BCUT2D eigenvalue weighted by Crippen LogP contribution is -2.63. The molecule has 25 heavy (non-hydrogen) atoms. The second kappa shape index (κ2) is 5.68. The minimum Gasteiger partial charge on any atom is -0.388 e. The number of aromatic amines is 1. The summed E-state index contributed by atoms with van der Waals surface area (Å²) in [7, 11) is 0. The summed E-state index contributed by atoms with van der Waals surface area (Å²) >= 11 is 0. The number of carbonyl (C=O) groups is 1. The minimum absolute atomic E-state index is 0.0790. The number of amides is 1. The molecule has 1 unspecified atom stereocenters. The number of rotatable bonds is 3. The Morgan fingerprint density at radius 3 is 2.68 bits per heavy atom. The molecule has 1 aromatic carbocycles. The van der Waals surface area contributed by atoms with Crippen LogP contribution in [0.4, 0.5) is 0 Å². The molecule has 2 N–H and O–H groups in total. The van der Waals surface area contributed by atoms with Crippen LogP contribution in [0.2, 0.25) is 0 Å². The highest BCUT2D eigenvalue weighted by Gasteiger charge is 2.54. The normalized spacial score (nSPS) is 24.5. The molecule has 0 bridgehead atoms. The van der Waals surface area contributed by atoms with E-state index in [2.05, 4.69) is 29.3 Å². The first-order valence-electron chi connectivity index (χ1n) is 8.70. The van der Waals surface area contributed by atoms with E-state index in [0.29, 0.717) is 31.8 Å². The van der Waals surface area contributed by atoms with Crippen molar-refractivity contribution in [2.75, 3.05) is 19.7 Å². The molecular weight excluding hydrogens is 318 g/mol. The quantitative estimate of drug-likeness (QED) is 0.895. The van der Waals surface area contributed by atoms with Crippen molar-refractivity contribution < 1.29 is 14.6 Å². The number of aliphatic hydroxyl groups is 1. The second-order valence-corrected chi connectivity index (χ2v) is 7.52. The third-order valence-electron chi connectivity index (χ3n) is 5.10. The lowest BCUT2D eigenvalue weighted by molar-refractivity contribution is -0.0956. The number of aromatic nitrogens is 2. The molecule has 0 radical (unpaired) electrons. The summed E-state index contributed by atoms with van der Waals surface area (Å²) in [5, 5.41) is 17.2. The Labute approximate surface area is 146 Å². The van der Waals surface area contributed by atoms with Crippen molar-refractivity contribution in [3.05, 3.63) is 41.6 Å². The summed E-state index contributed by atoms with van der Waals surface area (Å²) in [6.07, 6.45) is 1.57. The number of aryl methyl sites for hydroxylation is 1. The van der Waals surface area contributed by atoms with Crippen molar-refractivity contribution in [2.24, 2.45) is 0 Å². The summed E-state index contributed by atoms with van der Waals surface area (Å²) in [5.41, 5.74) is 2.34. The average Bonchev–Trinajstić information content (AvgIpc) is 3.17. The average molecular weight is 341 g/mol. The Hall–Kier alpha value is -2.18. The van der Waals surface area contributed by atoms with Gasteiger partial charge in [-0.1, -0.05) is 31.2 Å². The zero-order valence-electron chi connectivity index (χ0n) is 14.6. The highest BCUT2D eigenvalue weighted by Crippen LogP contribution is 2.40. The number of H-pyrrole nitrogens is 1. The van der Waals surface area contributed by atoms with Crippen LogP contribution in [0.1, 0.15) is 36.3 Å². The maximum Gasteiger partial charge on any atom is 0.272 e. The fourth-order valence-corrected chi connectivity index (χ4v) is 3.76. The molecule has 1 aromatic heterocycles. The third-order valence-corrected chi connectivity index (χ3v) is 5.10. The van der Waals surface area contributed by atoms with Gasteiger partial charge in [0, 0.05) is 12.0 Å². The SMILES string of the molecule is CCc1ccc(-c2cc(C(=O)N3CC4(C3)CC(C)(O)CO4)[nH]n2)cc1. The monoisotopic (exact) mass is 341 g/mol. The van der Waals surface area contributed by atoms with Gasteiger partial charge in [0.1, 0.15) is 11.3 Å². The fourth-order valence-electron chi connectivity index (χ4n) is 3.76. The molecule has 2 fully saturated rings. The van der Waals surface area contributed by atoms with Gasteiger partial charge in [-0.15, -0.1) is 0 Å². The van der Waals surface area contributed by atoms with Gasteiger partial charge in [0.15, 0.2) is 0 Å². The van der Waals surface area contributed by atoms with Crippen LogP contribution in [0.5, 0.6) is 0 Å². The predicted octanol–water partition coefficient (Wildman–Crippen LogP) is 2.00. The van der Waals surface area contributed by atoms with Crippen molar-refractivity contribution in [3.63, 3.8) is 0 Å². The molecule has 2 aliphatic rings. The van der Waals surface area contributed by atoms with E-state index in [4.69, 9.17) is 4.74 Å². The lowest BCUT2D eigenvalue weighted by Gasteiger charge is -2.47. The van der Waals surface area contributed by atoms with E-state index in [0.717, 1.165) is 17.7 Å². The largest absolute Gasteiger partial charge is 0.388 e. The van der Waals surface area contributed by atoms with Crippen LogP contribution in [0, 0.1) is 0 Å². The molecule has 2 aliphatic heterocycles. The maximum absolute atomic E-state index is 12.6.